The molecule has 1 aliphatic heterocycles. The predicted octanol–water partition coefficient (Wildman–Crippen LogP) is 2.71. The maximum Gasteiger partial charge on any atom is 0.348 e. The van der Waals surface area contributed by atoms with E-state index in [9.17, 15) is 14.0 Å². The maximum absolute atomic E-state index is 13.8. The molecule has 24 heavy (non-hydrogen) atoms. The van der Waals surface area contributed by atoms with Gasteiger partial charge in [-0.2, -0.15) is 0 Å². The molecule has 1 amide bonds. The SMILES string of the molecule is COC(=O)[C@@H]1CN(C(=O)c2ccc(C)c(F)c2)c2ccccc2O1. The average molecular weight is 329 g/mol. The van der Waals surface area contributed by atoms with E-state index in [0.29, 0.717) is 17.0 Å². The van der Waals surface area contributed by atoms with Gasteiger partial charge in [-0.25, -0.2) is 9.18 Å². The van der Waals surface area contributed by atoms with E-state index in [0.717, 1.165) is 0 Å². The number of carbonyl (C=O) groups is 2. The molecule has 6 heteroatoms. The van der Waals surface area contributed by atoms with Crippen LogP contribution in [0, 0.1) is 12.7 Å². The fraction of sp³-hybridized carbons (Fsp3) is 0.222. The summed E-state index contributed by atoms with van der Waals surface area (Å²) in [5, 5.41) is 0. The van der Waals surface area contributed by atoms with Crippen LogP contribution in [0.4, 0.5) is 10.1 Å². The van der Waals surface area contributed by atoms with Crippen LogP contribution in [-0.4, -0.2) is 31.6 Å². The number of fused-ring (bicyclic) bond motifs is 1. The minimum Gasteiger partial charge on any atom is -0.475 e. The lowest BCUT2D eigenvalue weighted by molar-refractivity contribution is -0.148. The molecule has 124 valence electrons. The van der Waals surface area contributed by atoms with E-state index in [1.165, 1.54) is 18.1 Å². The van der Waals surface area contributed by atoms with E-state index in [1.807, 2.05) is 0 Å². The molecule has 3 rings (SSSR count). The molecular formula is C18H16FNO4. The first-order valence-electron chi connectivity index (χ1n) is 7.43. The van der Waals surface area contributed by atoms with Gasteiger partial charge in [-0.1, -0.05) is 18.2 Å². The lowest BCUT2D eigenvalue weighted by atomic mass is 10.1. The third-order valence-corrected chi connectivity index (χ3v) is 3.90. The minimum absolute atomic E-state index is 0.00197. The lowest BCUT2D eigenvalue weighted by Gasteiger charge is -2.33. The number of ether oxygens (including phenoxy) is 2. The minimum atomic E-state index is -0.927. The zero-order valence-corrected chi connectivity index (χ0v) is 13.3. The summed E-state index contributed by atoms with van der Waals surface area (Å²) in [5.41, 5.74) is 1.20. The number of esters is 1. The molecule has 0 saturated heterocycles. The fourth-order valence-corrected chi connectivity index (χ4v) is 2.56. The van der Waals surface area contributed by atoms with Gasteiger partial charge in [-0.3, -0.25) is 4.79 Å². The fourth-order valence-electron chi connectivity index (χ4n) is 2.56. The number of aryl methyl sites for hydroxylation is 1. The Kier molecular flexibility index (Phi) is 4.20. The van der Waals surface area contributed by atoms with Crippen LogP contribution >= 0.6 is 0 Å². The molecule has 0 N–H and O–H groups in total. The summed E-state index contributed by atoms with van der Waals surface area (Å²) in [6.07, 6.45) is -0.927. The zero-order chi connectivity index (χ0) is 17.3. The number of hydrogen-bond donors (Lipinski definition) is 0. The molecule has 0 saturated carbocycles. The highest BCUT2D eigenvalue weighted by atomic mass is 19.1. The van der Waals surface area contributed by atoms with Gasteiger partial charge in [-0.05, 0) is 36.8 Å². The Morgan fingerprint density at radius 2 is 2.00 bits per heavy atom. The number of nitrogens with zero attached hydrogens (tertiary/aromatic N) is 1. The Morgan fingerprint density at radius 3 is 2.71 bits per heavy atom. The van der Waals surface area contributed by atoms with Gasteiger partial charge in [0.15, 0.2) is 0 Å². The van der Waals surface area contributed by atoms with E-state index in [1.54, 1.807) is 43.3 Å². The van der Waals surface area contributed by atoms with Gasteiger partial charge in [0.25, 0.3) is 5.91 Å². The van der Waals surface area contributed by atoms with Crippen molar-refractivity contribution in [2.45, 2.75) is 13.0 Å². The number of amides is 1. The van der Waals surface area contributed by atoms with Gasteiger partial charge in [0.05, 0.1) is 19.3 Å². The molecule has 0 aromatic heterocycles. The summed E-state index contributed by atoms with van der Waals surface area (Å²) in [6.45, 7) is 1.62. The van der Waals surface area contributed by atoms with Crippen molar-refractivity contribution in [3.05, 3.63) is 59.4 Å². The topological polar surface area (TPSA) is 55.8 Å². The molecule has 0 aliphatic carbocycles. The van der Waals surface area contributed by atoms with Gasteiger partial charge < -0.3 is 14.4 Å². The predicted molar refractivity (Wildman–Crippen MR) is 85.7 cm³/mol. The van der Waals surface area contributed by atoms with Gasteiger partial charge in [0.2, 0.25) is 6.10 Å². The Hall–Kier alpha value is -2.89. The highest BCUT2D eigenvalue weighted by Gasteiger charge is 2.34. The number of rotatable bonds is 2. The average Bonchev–Trinajstić information content (AvgIpc) is 2.61. The molecule has 1 atom stereocenters. The van der Waals surface area contributed by atoms with Crippen LogP contribution in [0.3, 0.4) is 0 Å². The van der Waals surface area contributed by atoms with Crippen molar-refractivity contribution in [3.8, 4) is 5.75 Å². The van der Waals surface area contributed by atoms with Crippen molar-refractivity contribution in [3.63, 3.8) is 0 Å². The molecular weight excluding hydrogens is 313 g/mol. The first-order chi connectivity index (χ1) is 11.5. The number of anilines is 1. The smallest absolute Gasteiger partial charge is 0.348 e. The third kappa shape index (κ3) is 2.82. The number of halogens is 1. The number of carbonyl (C=O) groups excluding carboxylic acids is 2. The molecule has 1 heterocycles. The monoisotopic (exact) mass is 329 g/mol. The first kappa shape index (κ1) is 16.0. The summed E-state index contributed by atoms with van der Waals surface area (Å²) >= 11 is 0. The molecule has 5 nitrogen and oxygen atoms in total. The third-order valence-electron chi connectivity index (χ3n) is 3.90. The Labute approximate surface area is 138 Å². The van der Waals surface area contributed by atoms with Gasteiger partial charge >= 0.3 is 5.97 Å². The quantitative estimate of drug-likeness (QED) is 0.795. The summed E-state index contributed by atoms with van der Waals surface area (Å²) in [4.78, 5) is 26.1. The molecule has 0 spiro atoms. The largest absolute Gasteiger partial charge is 0.475 e. The van der Waals surface area contributed by atoms with E-state index in [-0.39, 0.29) is 12.1 Å². The number of para-hydroxylation sites is 2. The van der Waals surface area contributed by atoms with Crippen LogP contribution in [-0.2, 0) is 9.53 Å². The van der Waals surface area contributed by atoms with Crippen molar-refractivity contribution in [1.29, 1.82) is 0 Å². The Morgan fingerprint density at radius 1 is 1.25 bits per heavy atom. The number of methoxy groups -OCH3 is 1. The molecule has 1 aliphatic rings. The summed E-state index contributed by atoms with van der Waals surface area (Å²) < 4.78 is 24.1. The van der Waals surface area contributed by atoms with Crippen molar-refractivity contribution >= 4 is 17.6 Å². The standard InChI is InChI=1S/C18H16FNO4/c1-11-7-8-12(9-13(11)19)17(21)20-10-16(18(22)23-2)24-15-6-4-3-5-14(15)20/h3-9,16H,10H2,1-2H3/t16-/m0/s1. The summed E-state index contributed by atoms with van der Waals surface area (Å²) in [6, 6.07) is 11.2. The van der Waals surface area contributed by atoms with Crippen LogP contribution in [0.2, 0.25) is 0 Å². The molecule has 2 aromatic rings. The van der Waals surface area contributed by atoms with E-state index >= 15 is 0 Å². The van der Waals surface area contributed by atoms with Crippen LogP contribution < -0.4 is 9.64 Å². The van der Waals surface area contributed by atoms with Crippen LogP contribution in [0.5, 0.6) is 5.75 Å². The highest BCUT2D eigenvalue weighted by Crippen LogP contribution is 2.34. The normalized spacial score (nSPS) is 16.1. The maximum atomic E-state index is 13.8. The van der Waals surface area contributed by atoms with Crippen LogP contribution in [0.1, 0.15) is 15.9 Å². The molecule has 0 unspecified atom stereocenters. The highest BCUT2D eigenvalue weighted by molar-refractivity contribution is 6.07. The Bertz CT molecular complexity index is 805. The van der Waals surface area contributed by atoms with Gasteiger partial charge in [0.1, 0.15) is 11.6 Å². The van der Waals surface area contributed by atoms with Gasteiger partial charge in [0, 0.05) is 5.56 Å². The number of hydrogen-bond acceptors (Lipinski definition) is 4. The first-order valence-corrected chi connectivity index (χ1v) is 7.43. The van der Waals surface area contributed by atoms with Crippen molar-refractivity contribution < 1.29 is 23.5 Å². The molecule has 0 radical (unpaired) electrons. The lowest BCUT2D eigenvalue weighted by Crippen LogP contribution is -2.47. The zero-order valence-electron chi connectivity index (χ0n) is 13.3. The van der Waals surface area contributed by atoms with Crippen LogP contribution in [0.15, 0.2) is 42.5 Å². The van der Waals surface area contributed by atoms with E-state index < -0.39 is 23.8 Å². The molecule has 2 aromatic carbocycles. The molecule has 0 bridgehead atoms. The van der Waals surface area contributed by atoms with E-state index in [2.05, 4.69) is 0 Å². The van der Waals surface area contributed by atoms with E-state index in [4.69, 9.17) is 9.47 Å². The van der Waals surface area contributed by atoms with Crippen molar-refractivity contribution in [2.24, 2.45) is 0 Å². The number of benzene rings is 2. The van der Waals surface area contributed by atoms with Crippen molar-refractivity contribution in [1.82, 2.24) is 0 Å². The van der Waals surface area contributed by atoms with Gasteiger partial charge in [-0.15, -0.1) is 0 Å². The van der Waals surface area contributed by atoms with Crippen LogP contribution in [0.25, 0.3) is 0 Å². The Balaban J connectivity index is 1.99. The summed E-state index contributed by atoms with van der Waals surface area (Å²) in [7, 11) is 1.26. The second-order valence-corrected chi connectivity index (χ2v) is 5.48. The second-order valence-electron chi connectivity index (χ2n) is 5.48. The second kappa shape index (κ2) is 6.31. The van der Waals surface area contributed by atoms with Crippen molar-refractivity contribution in [2.75, 3.05) is 18.6 Å². The molecule has 0 fully saturated rings. The summed E-state index contributed by atoms with van der Waals surface area (Å²) in [5.74, 6) is -1.03.